The first-order valence-corrected chi connectivity index (χ1v) is 4.93. The van der Waals surface area contributed by atoms with E-state index in [4.69, 9.17) is 5.11 Å². The van der Waals surface area contributed by atoms with Gasteiger partial charge in [0.2, 0.25) is 0 Å². The van der Waals surface area contributed by atoms with Crippen LogP contribution in [0.4, 0.5) is 0 Å². The first-order valence-electron chi connectivity index (χ1n) is 4.93. The Morgan fingerprint density at radius 3 is 2.56 bits per heavy atom. The molecular formula is C8H14BN3O4. The van der Waals surface area contributed by atoms with E-state index in [2.05, 4.69) is 10.3 Å². The van der Waals surface area contributed by atoms with Gasteiger partial charge >= 0.3 is 13.1 Å². The van der Waals surface area contributed by atoms with E-state index in [1.807, 2.05) is 13.8 Å². The van der Waals surface area contributed by atoms with Crippen molar-refractivity contribution in [2.24, 2.45) is 5.92 Å². The van der Waals surface area contributed by atoms with Crippen molar-refractivity contribution >= 4 is 13.1 Å². The minimum atomic E-state index is -1.59. The minimum Gasteiger partial charge on any atom is -0.476 e. The standard InChI is InChI=1S/C8H14BN3O4/c1-5(2)3-7(9(15)16)12-4-6(8(13)14)10-11-12/h4-5,7,15-16H,3H2,1-2H3,(H,13,14). The molecular weight excluding hydrogens is 213 g/mol. The van der Waals surface area contributed by atoms with Crippen LogP contribution >= 0.6 is 0 Å². The predicted molar refractivity (Wildman–Crippen MR) is 55.7 cm³/mol. The van der Waals surface area contributed by atoms with Crippen LogP contribution in [0.25, 0.3) is 0 Å². The van der Waals surface area contributed by atoms with Crippen LogP contribution in [0.15, 0.2) is 6.20 Å². The first-order chi connectivity index (χ1) is 7.41. The fourth-order valence-corrected chi connectivity index (χ4v) is 1.39. The normalized spacial score (nSPS) is 12.8. The quantitative estimate of drug-likeness (QED) is 0.589. The highest BCUT2D eigenvalue weighted by Gasteiger charge is 2.28. The smallest absolute Gasteiger partial charge is 0.476 e. The van der Waals surface area contributed by atoms with Gasteiger partial charge in [0.1, 0.15) is 0 Å². The summed E-state index contributed by atoms with van der Waals surface area (Å²) in [5.41, 5.74) is -0.214. The van der Waals surface area contributed by atoms with E-state index >= 15 is 0 Å². The van der Waals surface area contributed by atoms with Crippen molar-refractivity contribution in [3.63, 3.8) is 0 Å². The van der Waals surface area contributed by atoms with Crippen molar-refractivity contribution in [1.29, 1.82) is 0 Å². The number of aromatic nitrogens is 3. The maximum absolute atomic E-state index is 10.6. The monoisotopic (exact) mass is 227 g/mol. The maximum Gasteiger partial charge on any atom is 0.477 e. The number of carboxylic acid groups (broad SMARTS) is 1. The molecule has 8 heteroatoms. The van der Waals surface area contributed by atoms with Gasteiger partial charge in [0.05, 0.1) is 12.1 Å². The van der Waals surface area contributed by atoms with E-state index in [-0.39, 0.29) is 11.6 Å². The zero-order valence-corrected chi connectivity index (χ0v) is 9.11. The molecule has 0 amide bonds. The van der Waals surface area contributed by atoms with Gasteiger partial charge in [0.15, 0.2) is 5.69 Å². The second-order valence-electron chi connectivity index (χ2n) is 4.00. The summed E-state index contributed by atoms with van der Waals surface area (Å²) >= 11 is 0. The summed E-state index contributed by atoms with van der Waals surface area (Å²) in [5, 5.41) is 34.0. The second-order valence-corrected chi connectivity index (χ2v) is 4.00. The molecule has 88 valence electrons. The minimum absolute atomic E-state index is 0.214. The summed E-state index contributed by atoms with van der Waals surface area (Å²) in [6.45, 7) is 3.84. The number of hydrogen-bond donors (Lipinski definition) is 3. The number of aromatic carboxylic acids is 1. The lowest BCUT2D eigenvalue weighted by molar-refractivity contribution is 0.0690. The Morgan fingerprint density at radius 1 is 1.56 bits per heavy atom. The Bertz CT molecular complexity index is 366. The molecule has 0 aromatic carbocycles. The SMILES string of the molecule is CC(C)CC(B(O)O)n1cc(C(=O)O)nn1. The highest BCUT2D eigenvalue weighted by atomic mass is 16.4. The zero-order valence-electron chi connectivity index (χ0n) is 9.11. The Hall–Kier alpha value is -1.41. The van der Waals surface area contributed by atoms with Crippen LogP contribution in [-0.4, -0.2) is 43.2 Å². The number of hydrogen-bond acceptors (Lipinski definition) is 5. The summed E-state index contributed by atoms with van der Waals surface area (Å²) in [6, 6.07) is 0. The molecule has 0 aliphatic carbocycles. The maximum atomic E-state index is 10.6. The van der Waals surface area contributed by atoms with Crippen LogP contribution in [0, 0.1) is 5.92 Å². The van der Waals surface area contributed by atoms with Crippen LogP contribution in [0.1, 0.15) is 36.7 Å². The topological polar surface area (TPSA) is 108 Å². The Balaban J connectivity index is 2.88. The largest absolute Gasteiger partial charge is 0.477 e. The average molecular weight is 227 g/mol. The van der Waals surface area contributed by atoms with E-state index in [1.54, 1.807) is 0 Å². The fraction of sp³-hybridized carbons (Fsp3) is 0.625. The van der Waals surface area contributed by atoms with Gasteiger partial charge in [0, 0.05) is 0 Å². The molecule has 1 rings (SSSR count). The molecule has 3 N–H and O–H groups in total. The Labute approximate surface area is 92.9 Å². The van der Waals surface area contributed by atoms with E-state index in [9.17, 15) is 14.8 Å². The lowest BCUT2D eigenvalue weighted by atomic mass is 9.75. The van der Waals surface area contributed by atoms with E-state index in [1.165, 1.54) is 10.9 Å². The van der Waals surface area contributed by atoms with Gasteiger partial charge in [0.25, 0.3) is 0 Å². The van der Waals surface area contributed by atoms with Crippen LogP contribution in [0.5, 0.6) is 0 Å². The lowest BCUT2D eigenvalue weighted by Crippen LogP contribution is -2.30. The third kappa shape index (κ3) is 3.04. The Morgan fingerprint density at radius 2 is 2.19 bits per heavy atom. The van der Waals surface area contributed by atoms with Gasteiger partial charge in [-0.05, 0) is 12.3 Å². The highest BCUT2D eigenvalue weighted by Crippen LogP contribution is 2.17. The molecule has 0 radical (unpaired) electrons. The third-order valence-corrected chi connectivity index (χ3v) is 2.13. The summed E-state index contributed by atoms with van der Waals surface area (Å²) in [7, 11) is -1.59. The van der Waals surface area contributed by atoms with Crippen molar-refractivity contribution in [2.45, 2.75) is 26.2 Å². The van der Waals surface area contributed by atoms with Crippen LogP contribution in [-0.2, 0) is 0 Å². The molecule has 0 aliphatic rings. The molecule has 1 aromatic rings. The van der Waals surface area contributed by atoms with Crippen molar-refractivity contribution in [3.05, 3.63) is 11.9 Å². The van der Waals surface area contributed by atoms with Gasteiger partial charge < -0.3 is 15.2 Å². The van der Waals surface area contributed by atoms with E-state index in [0.717, 1.165) is 0 Å². The van der Waals surface area contributed by atoms with Gasteiger partial charge in [-0.15, -0.1) is 5.10 Å². The number of rotatable bonds is 5. The molecule has 0 fully saturated rings. The molecule has 7 nitrogen and oxygen atoms in total. The molecule has 1 unspecified atom stereocenters. The molecule has 16 heavy (non-hydrogen) atoms. The van der Waals surface area contributed by atoms with Gasteiger partial charge in [-0.25, -0.2) is 4.79 Å². The fourth-order valence-electron chi connectivity index (χ4n) is 1.39. The summed E-state index contributed by atoms with van der Waals surface area (Å²) in [5.74, 6) is -1.65. The summed E-state index contributed by atoms with van der Waals surface area (Å²) in [6.07, 6.45) is 1.66. The molecule has 0 aliphatic heterocycles. The van der Waals surface area contributed by atoms with Gasteiger partial charge in [-0.2, -0.15) is 0 Å². The third-order valence-electron chi connectivity index (χ3n) is 2.13. The summed E-state index contributed by atoms with van der Waals surface area (Å²) < 4.78 is 1.17. The molecule has 0 saturated carbocycles. The van der Waals surface area contributed by atoms with Crippen LogP contribution in [0.2, 0.25) is 0 Å². The van der Waals surface area contributed by atoms with Crippen molar-refractivity contribution in [1.82, 2.24) is 15.0 Å². The van der Waals surface area contributed by atoms with Gasteiger partial charge in [-0.1, -0.05) is 19.1 Å². The molecule has 0 bridgehead atoms. The Kier molecular flexibility index (Phi) is 4.02. The van der Waals surface area contributed by atoms with E-state index < -0.39 is 19.0 Å². The van der Waals surface area contributed by atoms with Crippen molar-refractivity contribution in [3.8, 4) is 0 Å². The van der Waals surface area contributed by atoms with Crippen LogP contribution < -0.4 is 0 Å². The molecule has 0 saturated heterocycles. The van der Waals surface area contributed by atoms with Crippen molar-refractivity contribution in [2.75, 3.05) is 0 Å². The first kappa shape index (κ1) is 12.7. The number of carboxylic acids is 1. The lowest BCUT2D eigenvalue weighted by Gasteiger charge is -2.17. The molecule has 1 heterocycles. The zero-order chi connectivity index (χ0) is 12.3. The molecule has 1 aromatic heterocycles. The molecule has 1 atom stereocenters. The molecule has 0 spiro atoms. The van der Waals surface area contributed by atoms with Crippen LogP contribution in [0.3, 0.4) is 0 Å². The number of carbonyl (C=O) groups is 1. The summed E-state index contributed by atoms with van der Waals surface area (Å²) in [4.78, 5) is 10.6. The number of nitrogens with zero attached hydrogens (tertiary/aromatic N) is 3. The predicted octanol–water partition coefficient (Wildman–Crippen LogP) is -0.425. The van der Waals surface area contributed by atoms with Gasteiger partial charge in [-0.3, -0.25) is 4.68 Å². The second kappa shape index (κ2) is 5.08. The highest BCUT2D eigenvalue weighted by molar-refractivity contribution is 6.42. The van der Waals surface area contributed by atoms with E-state index in [0.29, 0.717) is 6.42 Å². The average Bonchev–Trinajstić information content (AvgIpc) is 2.61. The van der Waals surface area contributed by atoms with Crippen molar-refractivity contribution < 1.29 is 19.9 Å².